The molecule has 0 heterocycles. The maximum absolute atomic E-state index is 11.8. The second-order valence-corrected chi connectivity index (χ2v) is 3.89. The largest absolute Gasteiger partial charge is 0.401 e. The van der Waals surface area contributed by atoms with Crippen LogP contribution in [0.3, 0.4) is 0 Å². The van der Waals surface area contributed by atoms with Crippen LogP contribution in [0.25, 0.3) is 0 Å². The summed E-state index contributed by atoms with van der Waals surface area (Å²) in [5.41, 5.74) is 0. The highest BCUT2D eigenvalue weighted by Crippen LogP contribution is 2.12. The number of methoxy groups -OCH3 is 1. The predicted molar refractivity (Wildman–Crippen MR) is 61.7 cm³/mol. The van der Waals surface area contributed by atoms with Gasteiger partial charge in [0.05, 0.1) is 25.9 Å². The van der Waals surface area contributed by atoms with E-state index in [-0.39, 0.29) is 12.6 Å². The summed E-state index contributed by atoms with van der Waals surface area (Å²) < 4.78 is 50.8. The van der Waals surface area contributed by atoms with Gasteiger partial charge in [-0.2, -0.15) is 13.2 Å². The lowest BCUT2D eigenvalue weighted by Crippen LogP contribution is -2.35. The third-order valence-electron chi connectivity index (χ3n) is 2.02. The van der Waals surface area contributed by atoms with Gasteiger partial charge < -0.3 is 19.5 Å². The SMILES string of the molecule is COCCCOCCOC(C)CNCC(F)(F)F. The summed E-state index contributed by atoms with van der Waals surface area (Å²) in [7, 11) is 1.62. The van der Waals surface area contributed by atoms with E-state index in [0.717, 1.165) is 6.42 Å². The van der Waals surface area contributed by atoms with Crippen LogP contribution in [-0.4, -0.2) is 58.9 Å². The monoisotopic (exact) mass is 273 g/mol. The highest BCUT2D eigenvalue weighted by molar-refractivity contribution is 4.59. The van der Waals surface area contributed by atoms with Crippen LogP contribution in [0.4, 0.5) is 13.2 Å². The molecule has 0 aliphatic heterocycles. The van der Waals surface area contributed by atoms with Crippen molar-refractivity contribution in [1.82, 2.24) is 5.32 Å². The number of alkyl halides is 3. The Hall–Kier alpha value is -0.370. The molecule has 0 amide bonds. The normalized spacial score (nSPS) is 13.8. The molecular weight excluding hydrogens is 251 g/mol. The molecule has 1 N–H and O–H groups in total. The van der Waals surface area contributed by atoms with Gasteiger partial charge in [-0.3, -0.25) is 0 Å². The average Bonchev–Trinajstić information content (AvgIpc) is 2.26. The molecule has 0 aliphatic rings. The van der Waals surface area contributed by atoms with Gasteiger partial charge >= 0.3 is 6.18 Å². The molecule has 0 aliphatic carbocycles. The van der Waals surface area contributed by atoms with Crippen LogP contribution in [-0.2, 0) is 14.2 Å². The van der Waals surface area contributed by atoms with Crippen LogP contribution in [0.1, 0.15) is 13.3 Å². The first kappa shape index (κ1) is 17.6. The van der Waals surface area contributed by atoms with Crippen LogP contribution in [0.15, 0.2) is 0 Å². The average molecular weight is 273 g/mol. The zero-order valence-corrected chi connectivity index (χ0v) is 10.9. The fourth-order valence-electron chi connectivity index (χ4n) is 1.19. The van der Waals surface area contributed by atoms with Crippen molar-refractivity contribution in [1.29, 1.82) is 0 Å². The second-order valence-electron chi connectivity index (χ2n) is 3.89. The van der Waals surface area contributed by atoms with E-state index in [9.17, 15) is 13.2 Å². The summed E-state index contributed by atoms with van der Waals surface area (Å²) in [6, 6.07) is 0. The second kappa shape index (κ2) is 10.5. The molecule has 18 heavy (non-hydrogen) atoms. The van der Waals surface area contributed by atoms with Gasteiger partial charge in [0.1, 0.15) is 0 Å². The highest BCUT2D eigenvalue weighted by atomic mass is 19.4. The van der Waals surface area contributed by atoms with Crippen molar-refractivity contribution in [2.75, 3.05) is 46.6 Å². The van der Waals surface area contributed by atoms with E-state index in [0.29, 0.717) is 26.4 Å². The molecule has 0 aromatic rings. The van der Waals surface area contributed by atoms with Crippen LogP contribution in [0, 0.1) is 0 Å². The summed E-state index contributed by atoms with van der Waals surface area (Å²) in [5, 5.41) is 2.29. The zero-order chi connectivity index (χ0) is 13.9. The smallest absolute Gasteiger partial charge is 0.385 e. The van der Waals surface area contributed by atoms with E-state index in [1.54, 1.807) is 14.0 Å². The van der Waals surface area contributed by atoms with Gasteiger partial charge in [0.2, 0.25) is 0 Å². The topological polar surface area (TPSA) is 39.7 Å². The quantitative estimate of drug-likeness (QED) is 0.580. The first-order chi connectivity index (χ1) is 8.45. The number of rotatable bonds is 11. The molecule has 7 heteroatoms. The molecule has 0 fully saturated rings. The van der Waals surface area contributed by atoms with Gasteiger partial charge in [-0.25, -0.2) is 0 Å². The first-order valence-corrected chi connectivity index (χ1v) is 5.91. The van der Waals surface area contributed by atoms with Gasteiger partial charge in [0.15, 0.2) is 0 Å². The van der Waals surface area contributed by atoms with Crippen LogP contribution in [0.2, 0.25) is 0 Å². The lowest BCUT2D eigenvalue weighted by molar-refractivity contribution is -0.125. The van der Waals surface area contributed by atoms with Crippen LogP contribution >= 0.6 is 0 Å². The van der Waals surface area contributed by atoms with Gasteiger partial charge in [0, 0.05) is 26.9 Å². The van der Waals surface area contributed by atoms with Crippen molar-refractivity contribution in [2.24, 2.45) is 0 Å². The molecule has 0 saturated heterocycles. The van der Waals surface area contributed by atoms with Crippen molar-refractivity contribution >= 4 is 0 Å². The Bertz CT molecular complexity index is 191. The summed E-state index contributed by atoms with van der Waals surface area (Å²) in [6.45, 7) is 2.96. The van der Waals surface area contributed by atoms with Crippen molar-refractivity contribution in [3.63, 3.8) is 0 Å². The fraction of sp³-hybridized carbons (Fsp3) is 1.00. The van der Waals surface area contributed by atoms with Crippen molar-refractivity contribution in [2.45, 2.75) is 25.6 Å². The minimum Gasteiger partial charge on any atom is -0.385 e. The molecule has 0 spiro atoms. The van der Waals surface area contributed by atoms with Gasteiger partial charge in [0.25, 0.3) is 0 Å². The third-order valence-corrected chi connectivity index (χ3v) is 2.02. The van der Waals surface area contributed by atoms with E-state index in [1.807, 2.05) is 0 Å². The molecule has 1 atom stereocenters. The van der Waals surface area contributed by atoms with E-state index >= 15 is 0 Å². The van der Waals surface area contributed by atoms with E-state index in [2.05, 4.69) is 5.32 Å². The molecule has 0 aromatic carbocycles. The maximum Gasteiger partial charge on any atom is 0.401 e. The molecule has 0 aromatic heterocycles. The summed E-state index contributed by atoms with van der Waals surface area (Å²) in [6.07, 6.45) is -3.63. The predicted octanol–water partition coefficient (Wildman–Crippen LogP) is 1.60. The van der Waals surface area contributed by atoms with Crippen LogP contribution < -0.4 is 5.32 Å². The molecule has 110 valence electrons. The van der Waals surface area contributed by atoms with Crippen molar-refractivity contribution in [3.8, 4) is 0 Å². The molecular formula is C11H22F3NO3. The Balaban J connectivity index is 3.24. The lowest BCUT2D eigenvalue weighted by Gasteiger charge is -2.15. The van der Waals surface area contributed by atoms with E-state index in [4.69, 9.17) is 14.2 Å². The van der Waals surface area contributed by atoms with Crippen molar-refractivity contribution < 1.29 is 27.4 Å². The summed E-state index contributed by atoms with van der Waals surface area (Å²) in [5.74, 6) is 0. The Morgan fingerprint density at radius 2 is 1.83 bits per heavy atom. The molecule has 4 nitrogen and oxygen atoms in total. The number of hydrogen-bond donors (Lipinski definition) is 1. The highest BCUT2D eigenvalue weighted by Gasteiger charge is 2.26. The molecule has 0 saturated carbocycles. The number of halogens is 3. The molecule has 0 radical (unpaired) electrons. The van der Waals surface area contributed by atoms with E-state index in [1.165, 1.54) is 0 Å². The number of ether oxygens (including phenoxy) is 3. The van der Waals surface area contributed by atoms with E-state index < -0.39 is 12.7 Å². The van der Waals surface area contributed by atoms with Gasteiger partial charge in [-0.05, 0) is 13.3 Å². The fourth-order valence-corrected chi connectivity index (χ4v) is 1.19. The zero-order valence-electron chi connectivity index (χ0n) is 10.9. The molecule has 1 unspecified atom stereocenters. The Labute approximate surface area is 106 Å². The maximum atomic E-state index is 11.8. The Morgan fingerprint density at radius 1 is 1.11 bits per heavy atom. The standard InChI is InChI=1S/C11H22F3NO3/c1-10(8-15-9-11(12,13)14)18-7-6-17-5-3-4-16-2/h10,15H,3-9H2,1-2H3. The molecule has 0 bridgehead atoms. The first-order valence-electron chi connectivity index (χ1n) is 5.91. The van der Waals surface area contributed by atoms with Crippen LogP contribution in [0.5, 0.6) is 0 Å². The molecule has 0 rings (SSSR count). The minimum atomic E-state index is -4.18. The number of nitrogens with one attached hydrogen (secondary N) is 1. The van der Waals surface area contributed by atoms with Gasteiger partial charge in [-0.15, -0.1) is 0 Å². The Kier molecular flexibility index (Phi) is 10.3. The third kappa shape index (κ3) is 13.7. The van der Waals surface area contributed by atoms with Gasteiger partial charge in [-0.1, -0.05) is 0 Å². The summed E-state index contributed by atoms with van der Waals surface area (Å²) in [4.78, 5) is 0. The lowest BCUT2D eigenvalue weighted by atomic mass is 10.4. The number of hydrogen-bond acceptors (Lipinski definition) is 4. The Morgan fingerprint density at radius 3 is 2.44 bits per heavy atom. The minimum absolute atomic E-state index is 0.170. The summed E-state index contributed by atoms with van der Waals surface area (Å²) >= 11 is 0. The van der Waals surface area contributed by atoms with Crippen molar-refractivity contribution in [3.05, 3.63) is 0 Å².